The first-order valence-electron chi connectivity index (χ1n) is 7.63. The lowest BCUT2D eigenvalue weighted by atomic mass is 9.97. The van der Waals surface area contributed by atoms with Crippen LogP contribution in [0.15, 0.2) is 36.4 Å². The number of nitrogens with zero attached hydrogens (tertiary/aromatic N) is 1. The molecule has 0 amide bonds. The van der Waals surface area contributed by atoms with Crippen LogP contribution in [0.5, 0.6) is 0 Å². The lowest BCUT2D eigenvalue weighted by Gasteiger charge is -2.15. The molecule has 1 N–H and O–H groups in total. The quantitative estimate of drug-likeness (QED) is 0.929. The molecule has 21 heavy (non-hydrogen) atoms. The Balaban J connectivity index is 1.79. The molecule has 2 aromatic rings. The maximum absolute atomic E-state index is 10.5. The van der Waals surface area contributed by atoms with Crippen LogP contribution < -0.4 is 4.90 Å². The van der Waals surface area contributed by atoms with Gasteiger partial charge in [-0.2, -0.15) is 0 Å². The second-order valence-electron chi connectivity index (χ2n) is 6.20. The van der Waals surface area contributed by atoms with E-state index in [4.69, 9.17) is 0 Å². The van der Waals surface area contributed by atoms with Crippen LogP contribution in [0.25, 0.3) is 0 Å². The molecule has 2 heteroatoms. The van der Waals surface area contributed by atoms with Crippen LogP contribution in [0.1, 0.15) is 33.9 Å². The van der Waals surface area contributed by atoms with Gasteiger partial charge in [0.05, 0.1) is 6.10 Å². The largest absolute Gasteiger partial charge is 0.388 e. The average Bonchev–Trinajstić information content (AvgIpc) is 2.84. The number of aliphatic hydroxyl groups excluding tert-OH is 1. The molecule has 0 bridgehead atoms. The second-order valence-corrected chi connectivity index (χ2v) is 6.20. The molecule has 0 spiro atoms. The third-order valence-corrected chi connectivity index (χ3v) is 4.62. The van der Waals surface area contributed by atoms with Gasteiger partial charge in [0.25, 0.3) is 0 Å². The van der Waals surface area contributed by atoms with Gasteiger partial charge >= 0.3 is 0 Å². The summed E-state index contributed by atoms with van der Waals surface area (Å²) in [5.41, 5.74) is 7.47. The first kappa shape index (κ1) is 14.2. The molecule has 1 atom stereocenters. The van der Waals surface area contributed by atoms with Crippen molar-refractivity contribution in [1.29, 1.82) is 0 Å². The van der Waals surface area contributed by atoms with Crippen LogP contribution in [0.4, 0.5) is 5.69 Å². The molecule has 1 aliphatic rings. The molecule has 0 aliphatic carbocycles. The minimum Gasteiger partial charge on any atom is -0.388 e. The van der Waals surface area contributed by atoms with Crippen molar-refractivity contribution in [2.24, 2.45) is 0 Å². The van der Waals surface area contributed by atoms with E-state index in [0.717, 1.165) is 18.5 Å². The number of hydrogen-bond donors (Lipinski definition) is 1. The van der Waals surface area contributed by atoms with Crippen LogP contribution in [-0.4, -0.2) is 18.7 Å². The number of aliphatic hydroxyl groups is 1. The van der Waals surface area contributed by atoms with Crippen molar-refractivity contribution in [2.45, 2.75) is 32.8 Å². The number of fused-ring (bicyclic) bond motifs is 1. The smallest absolute Gasteiger partial charge is 0.0830 e. The topological polar surface area (TPSA) is 23.5 Å². The summed E-state index contributed by atoms with van der Waals surface area (Å²) in [6, 6.07) is 12.8. The van der Waals surface area contributed by atoms with Crippen LogP contribution in [0, 0.1) is 13.8 Å². The maximum atomic E-state index is 10.5. The Morgan fingerprint density at radius 3 is 2.67 bits per heavy atom. The van der Waals surface area contributed by atoms with E-state index in [1.54, 1.807) is 0 Å². The SMILES string of the molecule is Cc1ccc(CC(O)c2ccc3c(c2)CCN3C)cc1C. The zero-order chi connectivity index (χ0) is 15.0. The highest BCUT2D eigenvalue weighted by molar-refractivity contribution is 5.58. The molecule has 0 radical (unpaired) electrons. The van der Waals surface area contributed by atoms with Crippen molar-refractivity contribution in [1.82, 2.24) is 0 Å². The summed E-state index contributed by atoms with van der Waals surface area (Å²) in [5.74, 6) is 0. The Kier molecular flexibility index (Phi) is 3.73. The first-order chi connectivity index (χ1) is 10.0. The fraction of sp³-hybridized carbons (Fsp3) is 0.368. The summed E-state index contributed by atoms with van der Waals surface area (Å²) in [6.07, 6.45) is 1.33. The van der Waals surface area contributed by atoms with Gasteiger partial charge < -0.3 is 10.0 Å². The van der Waals surface area contributed by atoms with Gasteiger partial charge in [-0.15, -0.1) is 0 Å². The molecule has 1 heterocycles. The second kappa shape index (κ2) is 5.53. The van der Waals surface area contributed by atoms with E-state index >= 15 is 0 Å². The molecule has 0 fully saturated rings. The number of hydrogen-bond acceptors (Lipinski definition) is 2. The van der Waals surface area contributed by atoms with Gasteiger partial charge in [-0.1, -0.05) is 30.3 Å². The third kappa shape index (κ3) is 2.81. The number of aryl methyl sites for hydroxylation is 2. The van der Waals surface area contributed by atoms with Crippen LogP contribution in [-0.2, 0) is 12.8 Å². The van der Waals surface area contributed by atoms with Gasteiger partial charge in [-0.05, 0) is 54.2 Å². The molecule has 110 valence electrons. The third-order valence-electron chi connectivity index (χ3n) is 4.62. The fourth-order valence-corrected chi connectivity index (χ4v) is 3.07. The standard InChI is InChI=1S/C19H23NO/c1-13-4-5-15(10-14(13)2)11-19(21)17-6-7-18-16(12-17)8-9-20(18)3/h4-7,10,12,19,21H,8-9,11H2,1-3H3. The van der Waals surface area contributed by atoms with Crippen LogP contribution in [0.2, 0.25) is 0 Å². The highest BCUT2D eigenvalue weighted by Crippen LogP contribution is 2.30. The minimum absolute atomic E-state index is 0.427. The fourth-order valence-electron chi connectivity index (χ4n) is 3.07. The molecule has 3 rings (SSSR count). The predicted molar refractivity (Wildman–Crippen MR) is 88.0 cm³/mol. The van der Waals surface area contributed by atoms with Gasteiger partial charge in [-0.25, -0.2) is 0 Å². The molecule has 0 aromatic heterocycles. The van der Waals surface area contributed by atoms with Crippen LogP contribution in [0.3, 0.4) is 0 Å². The average molecular weight is 281 g/mol. The molecule has 2 aromatic carbocycles. The lowest BCUT2D eigenvalue weighted by Crippen LogP contribution is -2.12. The summed E-state index contributed by atoms with van der Waals surface area (Å²) in [7, 11) is 2.12. The molecular weight excluding hydrogens is 258 g/mol. The van der Waals surface area contributed by atoms with Gasteiger partial charge in [0, 0.05) is 25.7 Å². The van der Waals surface area contributed by atoms with Gasteiger partial charge in [0.2, 0.25) is 0 Å². The summed E-state index contributed by atoms with van der Waals surface area (Å²) >= 11 is 0. The van der Waals surface area contributed by atoms with E-state index in [1.165, 1.54) is 27.9 Å². The lowest BCUT2D eigenvalue weighted by molar-refractivity contribution is 0.178. The minimum atomic E-state index is -0.427. The van der Waals surface area contributed by atoms with Gasteiger partial charge in [-0.3, -0.25) is 0 Å². The Bertz CT molecular complexity index is 663. The molecule has 1 unspecified atom stereocenters. The molecule has 0 saturated heterocycles. The van der Waals surface area contributed by atoms with Crippen molar-refractivity contribution >= 4 is 5.69 Å². The van der Waals surface area contributed by atoms with Gasteiger partial charge in [0.15, 0.2) is 0 Å². The Morgan fingerprint density at radius 1 is 1.10 bits per heavy atom. The molecular formula is C19H23NO. The van der Waals surface area contributed by atoms with Crippen molar-refractivity contribution in [2.75, 3.05) is 18.5 Å². The number of benzene rings is 2. The van der Waals surface area contributed by atoms with Crippen molar-refractivity contribution in [3.63, 3.8) is 0 Å². The van der Waals surface area contributed by atoms with E-state index in [2.05, 4.69) is 62.2 Å². The number of anilines is 1. The Hall–Kier alpha value is -1.80. The van der Waals surface area contributed by atoms with E-state index in [-0.39, 0.29) is 0 Å². The van der Waals surface area contributed by atoms with Crippen LogP contribution >= 0.6 is 0 Å². The summed E-state index contributed by atoms with van der Waals surface area (Å²) in [5, 5.41) is 10.5. The Labute approximate surface area is 127 Å². The molecule has 1 aliphatic heterocycles. The normalized spacial score (nSPS) is 15.1. The van der Waals surface area contributed by atoms with E-state index in [9.17, 15) is 5.11 Å². The molecule has 2 nitrogen and oxygen atoms in total. The van der Waals surface area contributed by atoms with Gasteiger partial charge in [0.1, 0.15) is 0 Å². The summed E-state index contributed by atoms with van der Waals surface area (Å²) < 4.78 is 0. The maximum Gasteiger partial charge on any atom is 0.0830 e. The highest BCUT2D eigenvalue weighted by atomic mass is 16.3. The summed E-state index contributed by atoms with van der Waals surface area (Å²) in [4.78, 5) is 2.27. The monoisotopic (exact) mass is 281 g/mol. The summed E-state index contributed by atoms with van der Waals surface area (Å²) in [6.45, 7) is 5.31. The molecule has 0 saturated carbocycles. The Morgan fingerprint density at radius 2 is 1.90 bits per heavy atom. The first-order valence-corrected chi connectivity index (χ1v) is 7.63. The van der Waals surface area contributed by atoms with Crippen molar-refractivity contribution in [3.05, 3.63) is 64.2 Å². The van der Waals surface area contributed by atoms with Crippen molar-refractivity contribution in [3.8, 4) is 0 Å². The van der Waals surface area contributed by atoms with Crippen molar-refractivity contribution < 1.29 is 5.11 Å². The zero-order valence-corrected chi connectivity index (χ0v) is 13.1. The van der Waals surface area contributed by atoms with E-state index in [0.29, 0.717) is 6.42 Å². The predicted octanol–water partition coefficient (Wildman–Crippen LogP) is 3.57. The number of likely N-dealkylation sites (N-methyl/N-ethyl adjacent to an activating group) is 1. The van der Waals surface area contributed by atoms with E-state index < -0.39 is 6.10 Å². The van der Waals surface area contributed by atoms with E-state index in [1.807, 2.05) is 0 Å². The number of rotatable bonds is 3. The zero-order valence-electron chi connectivity index (χ0n) is 13.1. The highest BCUT2D eigenvalue weighted by Gasteiger charge is 2.18.